The third-order valence-corrected chi connectivity index (χ3v) is 6.15. The zero-order valence-corrected chi connectivity index (χ0v) is 15.9. The minimum atomic E-state index is -3.93. The number of halogens is 2. The molecule has 2 rings (SSSR count). The number of hydrogen-bond acceptors (Lipinski definition) is 4. The molecule has 0 aliphatic rings. The predicted molar refractivity (Wildman–Crippen MR) is 95.6 cm³/mol. The normalized spacial score (nSPS) is 11.8. The fraction of sp³-hybridized carbons (Fsp3) is 0.0625. The number of hydrogen-bond donors (Lipinski definition) is 0. The Bertz CT molecular complexity index is 898. The van der Waals surface area contributed by atoms with Crippen LogP contribution in [0.3, 0.4) is 0 Å². The van der Waals surface area contributed by atoms with E-state index in [1.807, 2.05) is 0 Å². The van der Waals surface area contributed by atoms with Crippen LogP contribution in [0.2, 0.25) is 0 Å². The molecule has 7 heteroatoms. The zero-order valence-electron chi connectivity index (χ0n) is 12.0. The van der Waals surface area contributed by atoms with E-state index >= 15 is 0 Å². The molecule has 0 fully saturated rings. The zero-order chi connectivity index (χ0) is 17.0. The van der Waals surface area contributed by atoms with Crippen molar-refractivity contribution in [3.63, 3.8) is 0 Å². The molecule has 2 aromatic carbocycles. The van der Waals surface area contributed by atoms with Crippen molar-refractivity contribution in [2.24, 2.45) is 0 Å². The van der Waals surface area contributed by atoms with Gasteiger partial charge in [-0.2, -0.15) is 5.26 Å². The molecule has 0 aliphatic carbocycles. The number of nitrogens with zero attached hydrogens (tertiary/aromatic N) is 1. The number of sulfone groups is 1. The summed E-state index contributed by atoms with van der Waals surface area (Å²) in [5.41, 5.74) is 0.594. The molecular formula is C16H11Br2NO3S. The molecule has 0 unspecified atom stereocenters. The topological polar surface area (TPSA) is 67.2 Å². The number of ether oxygens (including phenoxy) is 1. The Kier molecular flexibility index (Phi) is 5.63. The van der Waals surface area contributed by atoms with Gasteiger partial charge in [0.2, 0.25) is 9.84 Å². The lowest BCUT2D eigenvalue weighted by Crippen LogP contribution is -2.04. The van der Waals surface area contributed by atoms with E-state index < -0.39 is 9.84 Å². The van der Waals surface area contributed by atoms with Crippen LogP contribution >= 0.6 is 31.9 Å². The molecule has 0 heterocycles. The van der Waals surface area contributed by atoms with Crippen molar-refractivity contribution < 1.29 is 13.2 Å². The minimum Gasteiger partial charge on any atom is -0.497 e. The van der Waals surface area contributed by atoms with Gasteiger partial charge in [0.1, 0.15) is 16.7 Å². The fourth-order valence-electron chi connectivity index (χ4n) is 1.82. The lowest BCUT2D eigenvalue weighted by atomic mass is 10.2. The monoisotopic (exact) mass is 455 g/mol. The summed E-state index contributed by atoms with van der Waals surface area (Å²) in [5, 5.41) is 9.30. The summed E-state index contributed by atoms with van der Waals surface area (Å²) in [6.07, 6.45) is 1.34. The maximum Gasteiger partial charge on any atom is 0.217 e. The molecule has 23 heavy (non-hydrogen) atoms. The molecule has 0 radical (unpaired) electrons. The quantitative estimate of drug-likeness (QED) is 0.632. The van der Waals surface area contributed by atoms with E-state index in [0.717, 1.165) is 0 Å². The molecule has 4 nitrogen and oxygen atoms in total. The van der Waals surface area contributed by atoms with E-state index in [1.54, 1.807) is 49.6 Å². The first-order valence-electron chi connectivity index (χ1n) is 6.34. The summed E-state index contributed by atoms with van der Waals surface area (Å²) in [7, 11) is -2.38. The lowest BCUT2D eigenvalue weighted by Gasteiger charge is -2.06. The number of rotatable bonds is 4. The summed E-state index contributed by atoms with van der Waals surface area (Å²) >= 11 is 6.46. The van der Waals surface area contributed by atoms with Crippen LogP contribution in [0.15, 0.2) is 61.2 Å². The third-order valence-electron chi connectivity index (χ3n) is 3.00. The molecule has 2 aromatic rings. The largest absolute Gasteiger partial charge is 0.497 e. The van der Waals surface area contributed by atoms with Gasteiger partial charge in [-0.3, -0.25) is 0 Å². The van der Waals surface area contributed by atoms with Gasteiger partial charge in [0.05, 0.1) is 12.0 Å². The Hall–Kier alpha value is -1.62. The van der Waals surface area contributed by atoms with Crippen LogP contribution in [0.1, 0.15) is 5.56 Å². The average Bonchev–Trinajstić information content (AvgIpc) is 2.55. The highest BCUT2D eigenvalue weighted by Crippen LogP contribution is 2.30. The van der Waals surface area contributed by atoms with Gasteiger partial charge in [0.25, 0.3) is 0 Å². The Morgan fingerprint density at radius 1 is 1.17 bits per heavy atom. The summed E-state index contributed by atoms with van der Waals surface area (Å²) in [5.74, 6) is 0.651. The molecular weight excluding hydrogens is 446 g/mol. The van der Waals surface area contributed by atoms with Gasteiger partial charge >= 0.3 is 0 Å². The molecule has 0 bridgehead atoms. The second-order valence-corrected chi connectivity index (χ2v) is 8.13. The van der Waals surface area contributed by atoms with Crippen molar-refractivity contribution in [3.05, 3.63) is 61.9 Å². The number of nitriles is 1. The van der Waals surface area contributed by atoms with Crippen molar-refractivity contribution in [1.82, 2.24) is 0 Å². The Morgan fingerprint density at radius 2 is 1.83 bits per heavy atom. The first-order chi connectivity index (χ1) is 10.9. The molecule has 0 amide bonds. The summed E-state index contributed by atoms with van der Waals surface area (Å²) in [4.78, 5) is -0.297. The van der Waals surface area contributed by atoms with E-state index in [0.29, 0.717) is 20.3 Å². The highest BCUT2D eigenvalue weighted by Gasteiger charge is 2.23. The molecule has 0 saturated carbocycles. The van der Waals surface area contributed by atoms with Crippen LogP contribution in [0.4, 0.5) is 0 Å². The highest BCUT2D eigenvalue weighted by molar-refractivity contribution is 9.11. The molecule has 0 aromatic heterocycles. The average molecular weight is 457 g/mol. The van der Waals surface area contributed by atoms with E-state index in [9.17, 15) is 13.7 Å². The van der Waals surface area contributed by atoms with E-state index in [4.69, 9.17) is 4.74 Å². The molecule has 0 aliphatic heterocycles. The molecule has 0 atom stereocenters. The van der Waals surface area contributed by atoms with Crippen LogP contribution in [0, 0.1) is 11.3 Å². The van der Waals surface area contributed by atoms with Gasteiger partial charge in [-0.25, -0.2) is 8.42 Å². The number of allylic oxidation sites excluding steroid dienone is 1. The first kappa shape index (κ1) is 17.7. The summed E-state index contributed by atoms with van der Waals surface area (Å²) < 4.78 is 31.5. The summed E-state index contributed by atoms with van der Waals surface area (Å²) in [6.45, 7) is 0. The van der Waals surface area contributed by atoms with Crippen molar-refractivity contribution in [2.75, 3.05) is 7.11 Å². The fourth-order valence-corrected chi connectivity index (χ4v) is 4.48. The third kappa shape index (κ3) is 4.02. The SMILES string of the molecule is COc1ccc(/C=C(\C#N)S(=O)(=O)c2cc(Br)ccc2Br)cc1. The molecule has 0 saturated heterocycles. The van der Waals surface area contributed by atoms with Crippen LogP contribution < -0.4 is 4.74 Å². The summed E-state index contributed by atoms with van der Waals surface area (Å²) in [6, 6.07) is 13.3. The van der Waals surface area contributed by atoms with E-state index in [1.165, 1.54) is 12.1 Å². The predicted octanol–water partition coefficient (Wildman–Crippen LogP) is 4.56. The van der Waals surface area contributed by atoms with Crippen molar-refractivity contribution in [2.45, 2.75) is 4.90 Å². The maximum absolute atomic E-state index is 12.7. The van der Waals surface area contributed by atoms with Crippen molar-refractivity contribution in [1.29, 1.82) is 5.26 Å². The van der Waals surface area contributed by atoms with Gasteiger partial charge in [-0.05, 0) is 57.9 Å². The molecule has 118 valence electrons. The van der Waals surface area contributed by atoms with Crippen LogP contribution in [-0.2, 0) is 9.84 Å². The van der Waals surface area contributed by atoms with Gasteiger partial charge in [0, 0.05) is 8.95 Å². The standard InChI is InChI=1S/C16H11Br2NO3S/c1-22-13-5-2-11(3-6-13)8-14(10-19)23(20,21)16-9-12(17)4-7-15(16)18/h2-9H,1H3/b14-8+. The Balaban J connectivity index is 2.52. The van der Waals surface area contributed by atoms with E-state index in [-0.39, 0.29) is 9.80 Å². The first-order valence-corrected chi connectivity index (χ1v) is 9.41. The van der Waals surface area contributed by atoms with E-state index in [2.05, 4.69) is 31.9 Å². The second-order valence-electron chi connectivity index (χ2n) is 4.47. The van der Waals surface area contributed by atoms with Gasteiger partial charge in [-0.15, -0.1) is 0 Å². The van der Waals surface area contributed by atoms with Crippen molar-refractivity contribution >= 4 is 47.8 Å². The van der Waals surface area contributed by atoms with Crippen molar-refractivity contribution in [3.8, 4) is 11.8 Å². The Labute approximate surface area is 151 Å². The smallest absolute Gasteiger partial charge is 0.217 e. The lowest BCUT2D eigenvalue weighted by molar-refractivity contribution is 0.415. The van der Waals surface area contributed by atoms with Crippen LogP contribution in [-0.4, -0.2) is 15.5 Å². The number of methoxy groups -OCH3 is 1. The highest BCUT2D eigenvalue weighted by atomic mass is 79.9. The Morgan fingerprint density at radius 3 is 2.39 bits per heavy atom. The van der Waals surface area contributed by atoms with Gasteiger partial charge < -0.3 is 4.74 Å². The van der Waals surface area contributed by atoms with Gasteiger partial charge in [-0.1, -0.05) is 28.1 Å². The molecule has 0 spiro atoms. The van der Waals surface area contributed by atoms with Gasteiger partial charge in [0.15, 0.2) is 0 Å². The van der Waals surface area contributed by atoms with Crippen LogP contribution in [0.5, 0.6) is 5.75 Å². The molecule has 0 N–H and O–H groups in total. The minimum absolute atomic E-state index is 0.0354. The second kappa shape index (κ2) is 7.30. The maximum atomic E-state index is 12.7. The van der Waals surface area contributed by atoms with Crippen LogP contribution in [0.25, 0.3) is 6.08 Å². The number of benzene rings is 2.